The number of nitrogens with two attached hydrogens (primary N) is 1. The van der Waals surface area contributed by atoms with Gasteiger partial charge in [-0.05, 0) is 35.4 Å². The van der Waals surface area contributed by atoms with E-state index in [9.17, 15) is 9.18 Å². The SMILES string of the molecule is Nc1cc(C(Br)(C=O)c2ccc(F)cc2)ccn1. The van der Waals surface area contributed by atoms with Crippen molar-refractivity contribution in [3.05, 3.63) is 59.5 Å². The summed E-state index contributed by atoms with van der Waals surface area (Å²) >= 11 is 3.39. The van der Waals surface area contributed by atoms with Crippen molar-refractivity contribution >= 4 is 28.0 Å². The van der Waals surface area contributed by atoms with Gasteiger partial charge in [-0.15, -0.1) is 0 Å². The highest BCUT2D eigenvalue weighted by molar-refractivity contribution is 9.10. The van der Waals surface area contributed by atoms with E-state index in [2.05, 4.69) is 20.9 Å². The molecule has 92 valence electrons. The van der Waals surface area contributed by atoms with Crippen LogP contribution in [0.25, 0.3) is 0 Å². The lowest BCUT2D eigenvalue weighted by Crippen LogP contribution is -2.22. The van der Waals surface area contributed by atoms with Gasteiger partial charge in [0.15, 0.2) is 0 Å². The summed E-state index contributed by atoms with van der Waals surface area (Å²) in [5.74, 6) is -0.0333. The number of nitrogens with zero attached hydrogens (tertiary/aromatic N) is 1. The van der Waals surface area contributed by atoms with Gasteiger partial charge in [0.1, 0.15) is 22.2 Å². The first-order valence-corrected chi connectivity index (χ1v) is 5.99. The van der Waals surface area contributed by atoms with E-state index in [1.54, 1.807) is 24.3 Å². The molecular formula is C13H10BrFN2O. The molecule has 1 aromatic carbocycles. The zero-order valence-electron chi connectivity index (χ0n) is 9.31. The molecule has 5 heteroatoms. The molecule has 1 heterocycles. The fourth-order valence-corrected chi connectivity index (χ4v) is 2.18. The number of anilines is 1. The van der Waals surface area contributed by atoms with Crippen LogP contribution >= 0.6 is 15.9 Å². The number of carbonyl (C=O) groups excluding carboxylic acids is 1. The number of pyridine rings is 1. The first kappa shape index (κ1) is 12.7. The molecule has 0 aliphatic rings. The molecule has 0 fully saturated rings. The molecule has 0 bridgehead atoms. The van der Waals surface area contributed by atoms with Crippen LogP contribution in [-0.4, -0.2) is 11.3 Å². The van der Waals surface area contributed by atoms with E-state index in [4.69, 9.17) is 5.73 Å². The summed E-state index contributed by atoms with van der Waals surface area (Å²) in [5.41, 5.74) is 6.88. The van der Waals surface area contributed by atoms with Gasteiger partial charge in [-0.3, -0.25) is 0 Å². The Morgan fingerprint density at radius 1 is 1.22 bits per heavy atom. The van der Waals surface area contributed by atoms with Crippen LogP contribution in [0.5, 0.6) is 0 Å². The fraction of sp³-hybridized carbons (Fsp3) is 0.0769. The first-order valence-electron chi connectivity index (χ1n) is 5.19. The van der Waals surface area contributed by atoms with Crippen LogP contribution in [0.3, 0.4) is 0 Å². The molecule has 1 atom stereocenters. The summed E-state index contributed by atoms with van der Waals surface area (Å²) < 4.78 is 11.9. The molecule has 0 amide bonds. The predicted octanol–water partition coefficient (Wildman–Crippen LogP) is 2.64. The molecule has 1 aromatic heterocycles. The summed E-state index contributed by atoms with van der Waals surface area (Å²) in [7, 11) is 0. The zero-order chi connectivity index (χ0) is 13.2. The molecule has 0 saturated heterocycles. The Balaban J connectivity index is 2.54. The number of aldehydes is 1. The molecule has 0 radical (unpaired) electrons. The Bertz CT molecular complexity index is 573. The Morgan fingerprint density at radius 2 is 1.89 bits per heavy atom. The number of carbonyl (C=O) groups is 1. The standard InChI is InChI=1S/C13H10BrFN2O/c14-13(8-18,9-1-3-11(15)4-2-9)10-5-6-17-12(16)7-10/h1-8H,(H2,16,17). The minimum Gasteiger partial charge on any atom is -0.384 e. The zero-order valence-corrected chi connectivity index (χ0v) is 10.9. The maximum atomic E-state index is 12.9. The van der Waals surface area contributed by atoms with Crippen molar-refractivity contribution < 1.29 is 9.18 Å². The maximum Gasteiger partial charge on any atom is 0.145 e. The van der Waals surface area contributed by atoms with E-state index >= 15 is 0 Å². The lowest BCUT2D eigenvalue weighted by Gasteiger charge is -2.22. The maximum absolute atomic E-state index is 12.9. The second-order valence-corrected chi connectivity index (χ2v) is 5.06. The second-order valence-electron chi connectivity index (χ2n) is 3.81. The summed E-state index contributed by atoms with van der Waals surface area (Å²) in [6.07, 6.45) is 2.27. The van der Waals surface area contributed by atoms with Gasteiger partial charge in [0.2, 0.25) is 0 Å². The van der Waals surface area contributed by atoms with E-state index in [1.807, 2.05) is 0 Å². The largest absolute Gasteiger partial charge is 0.384 e. The molecule has 3 nitrogen and oxygen atoms in total. The van der Waals surface area contributed by atoms with Crippen LogP contribution in [0, 0.1) is 5.82 Å². The number of hydrogen-bond acceptors (Lipinski definition) is 3. The van der Waals surface area contributed by atoms with Gasteiger partial charge in [0.25, 0.3) is 0 Å². The highest BCUT2D eigenvalue weighted by Gasteiger charge is 2.31. The van der Waals surface area contributed by atoms with Gasteiger partial charge in [-0.1, -0.05) is 28.1 Å². The van der Waals surface area contributed by atoms with Crippen molar-refractivity contribution in [2.24, 2.45) is 0 Å². The van der Waals surface area contributed by atoms with Crippen molar-refractivity contribution in [2.45, 2.75) is 4.32 Å². The van der Waals surface area contributed by atoms with E-state index in [0.29, 0.717) is 16.9 Å². The fourth-order valence-electron chi connectivity index (χ4n) is 1.67. The summed E-state index contributed by atoms with van der Waals surface area (Å²) in [5, 5.41) is 0. The summed E-state index contributed by atoms with van der Waals surface area (Å²) in [4.78, 5) is 15.3. The minimum atomic E-state index is -1.04. The summed E-state index contributed by atoms with van der Waals surface area (Å²) in [6, 6.07) is 9.00. The predicted molar refractivity (Wildman–Crippen MR) is 70.8 cm³/mol. The van der Waals surface area contributed by atoms with Crippen LogP contribution in [-0.2, 0) is 9.12 Å². The number of aromatic nitrogens is 1. The van der Waals surface area contributed by atoms with Crippen molar-refractivity contribution in [3.8, 4) is 0 Å². The van der Waals surface area contributed by atoms with Crippen molar-refractivity contribution in [3.63, 3.8) is 0 Å². The molecular weight excluding hydrogens is 299 g/mol. The quantitative estimate of drug-likeness (QED) is 0.700. The van der Waals surface area contributed by atoms with Gasteiger partial charge in [-0.25, -0.2) is 9.37 Å². The number of alkyl halides is 1. The van der Waals surface area contributed by atoms with Crippen LogP contribution in [0.4, 0.5) is 10.2 Å². The third kappa shape index (κ3) is 2.26. The van der Waals surface area contributed by atoms with E-state index in [1.165, 1.54) is 18.3 Å². The van der Waals surface area contributed by atoms with Gasteiger partial charge in [0, 0.05) is 6.20 Å². The van der Waals surface area contributed by atoms with Crippen molar-refractivity contribution in [2.75, 3.05) is 5.73 Å². The average Bonchev–Trinajstić information content (AvgIpc) is 2.38. The monoisotopic (exact) mass is 308 g/mol. The molecule has 1 unspecified atom stereocenters. The third-order valence-electron chi connectivity index (χ3n) is 2.63. The molecule has 0 aliphatic heterocycles. The highest BCUT2D eigenvalue weighted by Crippen LogP contribution is 2.37. The number of hydrogen-bond donors (Lipinski definition) is 1. The molecule has 2 aromatic rings. The lowest BCUT2D eigenvalue weighted by molar-refractivity contribution is -0.109. The Hall–Kier alpha value is -1.75. The molecule has 0 saturated carbocycles. The van der Waals surface area contributed by atoms with E-state index in [0.717, 1.165) is 6.29 Å². The Labute approximate surface area is 112 Å². The first-order chi connectivity index (χ1) is 8.56. The van der Waals surface area contributed by atoms with E-state index in [-0.39, 0.29) is 5.82 Å². The number of halogens is 2. The van der Waals surface area contributed by atoms with Gasteiger partial charge in [0.05, 0.1) is 0 Å². The Kier molecular flexibility index (Phi) is 3.43. The van der Waals surface area contributed by atoms with Crippen LogP contribution in [0.2, 0.25) is 0 Å². The number of rotatable bonds is 3. The van der Waals surface area contributed by atoms with Crippen LogP contribution in [0.1, 0.15) is 11.1 Å². The number of nitrogen functional groups attached to an aromatic ring is 1. The molecule has 2 N–H and O–H groups in total. The Morgan fingerprint density at radius 3 is 2.44 bits per heavy atom. The average molecular weight is 309 g/mol. The van der Waals surface area contributed by atoms with Gasteiger partial charge in [-0.2, -0.15) is 0 Å². The minimum absolute atomic E-state index is 0.320. The molecule has 2 rings (SSSR count). The van der Waals surface area contributed by atoms with Crippen LogP contribution in [0.15, 0.2) is 42.6 Å². The van der Waals surface area contributed by atoms with Gasteiger partial charge >= 0.3 is 0 Å². The molecule has 18 heavy (non-hydrogen) atoms. The lowest BCUT2D eigenvalue weighted by atomic mass is 9.93. The van der Waals surface area contributed by atoms with E-state index < -0.39 is 4.32 Å². The van der Waals surface area contributed by atoms with Gasteiger partial charge < -0.3 is 10.5 Å². The third-order valence-corrected chi connectivity index (χ3v) is 3.73. The van der Waals surface area contributed by atoms with Crippen LogP contribution < -0.4 is 5.73 Å². The molecule has 0 spiro atoms. The topological polar surface area (TPSA) is 56.0 Å². The normalized spacial score (nSPS) is 13.9. The smallest absolute Gasteiger partial charge is 0.145 e. The number of benzene rings is 1. The van der Waals surface area contributed by atoms with Crippen molar-refractivity contribution in [1.29, 1.82) is 0 Å². The highest BCUT2D eigenvalue weighted by atomic mass is 79.9. The second kappa shape index (κ2) is 4.86. The molecule has 0 aliphatic carbocycles. The summed E-state index contributed by atoms with van der Waals surface area (Å²) in [6.45, 7) is 0. The van der Waals surface area contributed by atoms with Crippen molar-refractivity contribution in [1.82, 2.24) is 4.98 Å².